The Kier molecular flexibility index (Phi) is 3.24. The molecule has 3 aromatic rings. The van der Waals surface area contributed by atoms with Gasteiger partial charge in [-0.3, -0.25) is 0 Å². The van der Waals surface area contributed by atoms with Crippen molar-refractivity contribution in [3.63, 3.8) is 0 Å². The van der Waals surface area contributed by atoms with Gasteiger partial charge in [0.25, 0.3) is 0 Å². The first-order chi connectivity index (χ1) is 9.31. The maximum atomic E-state index is 3.98. The van der Waals surface area contributed by atoms with E-state index in [9.17, 15) is 0 Å². The van der Waals surface area contributed by atoms with Gasteiger partial charge in [0.05, 0.1) is 0 Å². The van der Waals surface area contributed by atoms with Gasteiger partial charge < -0.3 is 5.32 Å². The minimum atomic E-state index is 0.607. The predicted molar refractivity (Wildman–Crippen MR) is 76.0 cm³/mol. The van der Waals surface area contributed by atoms with Crippen molar-refractivity contribution in [3.8, 4) is 11.4 Å². The maximum Gasteiger partial charge on any atom is 0.204 e. The molecule has 0 amide bonds. The van der Waals surface area contributed by atoms with Gasteiger partial charge in [0.15, 0.2) is 0 Å². The van der Waals surface area contributed by atoms with Crippen molar-refractivity contribution >= 4 is 17.0 Å². The molecule has 0 radical (unpaired) electrons. The lowest BCUT2D eigenvalue weighted by molar-refractivity contribution is 0.881. The summed E-state index contributed by atoms with van der Waals surface area (Å²) in [6.45, 7) is 2.94. The van der Waals surface area contributed by atoms with Crippen LogP contribution in [0.1, 0.15) is 9.75 Å². The van der Waals surface area contributed by atoms with Crippen LogP contribution in [0.25, 0.3) is 11.4 Å². The van der Waals surface area contributed by atoms with Crippen molar-refractivity contribution in [1.82, 2.24) is 20.6 Å². The van der Waals surface area contributed by atoms with Crippen molar-refractivity contribution in [2.45, 2.75) is 13.5 Å². The Balaban J connectivity index is 1.73. The fourth-order valence-corrected chi connectivity index (χ4v) is 2.65. The quantitative estimate of drug-likeness (QED) is 0.765. The number of rotatable bonds is 4. The number of nitrogens with one attached hydrogen (secondary N) is 2. The molecule has 3 rings (SSSR count). The van der Waals surface area contributed by atoms with E-state index >= 15 is 0 Å². The van der Waals surface area contributed by atoms with Crippen molar-refractivity contribution < 1.29 is 0 Å². The largest absolute Gasteiger partial charge is 0.380 e. The van der Waals surface area contributed by atoms with E-state index < -0.39 is 0 Å². The Bertz CT molecular complexity index is 659. The van der Waals surface area contributed by atoms with Crippen LogP contribution in [0.2, 0.25) is 0 Å². The average molecular weight is 271 g/mol. The summed E-state index contributed by atoms with van der Waals surface area (Å²) in [4.78, 5) is 2.65. The van der Waals surface area contributed by atoms with Crippen LogP contribution < -0.4 is 5.32 Å². The number of aryl methyl sites for hydroxylation is 1. The monoisotopic (exact) mass is 271 g/mol. The molecular weight excluding hydrogens is 258 g/mol. The molecule has 0 spiro atoms. The van der Waals surface area contributed by atoms with Crippen LogP contribution in [0.4, 0.5) is 5.69 Å². The summed E-state index contributed by atoms with van der Waals surface area (Å²) < 4.78 is 0. The van der Waals surface area contributed by atoms with Crippen LogP contribution in [0.5, 0.6) is 0 Å². The van der Waals surface area contributed by atoms with Gasteiger partial charge in [-0.05, 0) is 36.4 Å². The Morgan fingerprint density at radius 1 is 1.26 bits per heavy atom. The molecule has 2 N–H and O–H groups in total. The summed E-state index contributed by atoms with van der Waals surface area (Å²) in [5.74, 6) is 0.607. The molecule has 0 aliphatic carbocycles. The highest BCUT2D eigenvalue weighted by Gasteiger charge is 2.03. The molecule has 0 saturated heterocycles. The van der Waals surface area contributed by atoms with E-state index in [0.717, 1.165) is 17.8 Å². The van der Waals surface area contributed by atoms with Crippen LogP contribution in [0, 0.1) is 6.92 Å². The Labute approximate surface area is 114 Å². The number of hydrogen-bond acceptors (Lipinski definition) is 5. The smallest absolute Gasteiger partial charge is 0.204 e. The standard InChI is InChI=1S/C13H13N5S/c1-9-5-6-12(19-9)8-14-11-4-2-3-10(7-11)13-15-17-18-16-13/h2-7,14H,8H2,1H3,(H,15,16,17,18). The van der Waals surface area contributed by atoms with Gasteiger partial charge in [-0.25, -0.2) is 0 Å². The van der Waals surface area contributed by atoms with E-state index in [1.54, 1.807) is 11.3 Å². The third-order valence-electron chi connectivity index (χ3n) is 2.73. The van der Waals surface area contributed by atoms with Gasteiger partial charge in [-0.1, -0.05) is 12.1 Å². The predicted octanol–water partition coefficient (Wildman–Crippen LogP) is 2.85. The summed E-state index contributed by atoms with van der Waals surface area (Å²) in [7, 11) is 0. The van der Waals surface area contributed by atoms with Crippen LogP contribution in [-0.4, -0.2) is 20.6 Å². The molecule has 2 heterocycles. The van der Waals surface area contributed by atoms with Crippen LogP contribution in [0.15, 0.2) is 36.4 Å². The normalized spacial score (nSPS) is 10.6. The number of anilines is 1. The Hall–Kier alpha value is -2.21. The molecule has 0 aliphatic rings. The lowest BCUT2D eigenvalue weighted by Gasteiger charge is -2.05. The first kappa shape index (κ1) is 11.9. The van der Waals surface area contributed by atoms with Gasteiger partial charge in [0, 0.05) is 27.5 Å². The summed E-state index contributed by atoms with van der Waals surface area (Å²) in [5, 5.41) is 17.4. The van der Waals surface area contributed by atoms with Crippen molar-refractivity contribution in [2.75, 3.05) is 5.32 Å². The highest BCUT2D eigenvalue weighted by atomic mass is 32.1. The second-order valence-corrected chi connectivity index (χ2v) is 5.55. The highest BCUT2D eigenvalue weighted by molar-refractivity contribution is 7.11. The van der Waals surface area contributed by atoms with E-state index in [2.05, 4.69) is 45.0 Å². The number of H-pyrrole nitrogens is 1. The first-order valence-corrected chi connectivity index (χ1v) is 6.76. The van der Waals surface area contributed by atoms with Gasteiger partial charge in [-0.2, -0.15) is 5.21 Å². The molecular formula is C13H13N5S. The molecule has 0 fully saturated rings. The summed E-state index contributed by atoms with van der Waals surface area (Å²) >= 11 is 1.81. The minimum Gasteiger partial charge on any atom is -0.380 e. The SMILES string of the molecule is Cc1ccc(CNc2cccc(-c3nn[nH]n3)c2)s1. The van der Waals surface area contributed by atoms with Crippen LogP contribution >= 0.6 is 11.3 Å². The maximum absolute atomic E-state index is 3.98. The molecule has 2 aromatic heterocycles. The zero-order valence-corrected chi connectivity index (χ0v) is 11.2. The molecule has 96 valence electrons. The van der Waals surface area contributed by atoms with E-state index in [4.69, 9.17) is 0 Å². The van der Waals surface area contributed by atoms with E-state index in [-0.39, 0.29) is 0 Å². The number of aromatic nitrogens is 4. The fourth-order valence-electron chi connectivity index (χ4n) is 1.82. The number of benzene rings is 1. The topological polar surface area (TPSA) is 66.5 Å². The number of thiophene rings is 1. The molecule has 0 bridgehead atoms. The highest BCUT2D eigenvalue weighted by Crippen LogP contribution is 2.20. The number of aromatic amines is 1. The van der Waals surface area contributed by atoms with E-state index in [1.807, 2.05) is 24.3 Å². The molecule has 1 aromatic carbocycles. The van der Waals surface area contributed by atoms with Gasteiger partial charge >= 0.3 is 0 Å². The molecule has 0 aliphatic heterocycles. The number of tetrazole rings is 1. The van der Waals surface area contributed by atoms with E-state index in [1.165, 1.54) is 9.75 Å². The van der Waals surface area contributed by atoms with Crippen LogP contribution in [0.3, 0.4) is 0 Å². The molecule has 0 unspecified atom stereocenters. The number of nitrogens with zero attached hydrogens (tertiary/aromatic N) is 3. The summed E-state index contributed by atoms with van der Waals surface area (Å²) in [5.41, 5.74) is 1.99. The molecule has 5 nitrogen and oxygen atoms in total. The first-order valence-electron chi connectivity index (χ1n) is 5.94. The van der Waals surface area contributed by atoms with Crippen LogP contribution in [-0.2, 0) is 6.54 Å². The summed E-state index contributed by atoms with van der Waals surface area (Å²) in [6, 6.07) is 12.3. The van der Waals surface area contributed by atoms with E-state index in [0.29, 0.717) is 5.82 Å². The zero-order valence-electron chi connectivity index (χ0n) is 10.4. The minimum absolute atomic E-state index is 0.607. The third-order valence-corrected chi connectivity index (χ3v) is 3.73. The van der Waals surface area contributed by atoms with Gasteiger partial charge in [0.2, 0.25) is 5.82 Å². The zero-order chi connectivity index (χ0) is 13.1. The fraction of sp³-hybridized carbons (Fsp3) is 0.154. The van der Waals surface area contributed by atoms with Crippen molar-refractivity contribution in [3.05, 3.63) is 46.2 Å². The molecule has 0 atom stereocenters. The Morgan fingerprint density at radius 3 is 2.95 bits per heavy atom. The lowest BCUT2D eigenvalue weighted by atomic mass is 10.2. The molecule has 6 heteroatoms. The second-order valence-electron chi connectivity index (χ2n) is 4.18. The second kappa shape index (κ2) is 5.19. The average Bonchev–Trinajstić information content (AvgIpc) is 3.08. The van der Waals surface area contributed by atoms with Crippen molar-refractivity contribution in [1.29, 1.82) is 0 Å². The van der Waals surface area contributed by atoms with Gasteiger partial charge in [-0.15, -0.1) is 21.5 Å². The summed E-state index contributed by atoms with van der Waals surface area (Å²) in [6.07, 6.45) is 0. The molecule has 0 saturated carbocycles. The number of hydrogen-bond donors (Lipinski definition) is 2. The third kappa shape index (κ3) is 2.79. The Morgan fingerprint density at radius 2 is 2.21 bits per heavy atom. The van der Waals surface area contributed by atoms with Crippen molar-refractivity contribution in [2.24, 2.45) is 0 Å². The van der Waals surface area contributed by atoms with Gasteiger partial charge in [0.1, 0.15) is 0 Å². The molecule has 19 heavy (non-hydrogen) atoms. The lowest BCUT2D eigenvalue weighted by Crippen LogP contribution is -1.97.